The molecule has 0 saturated heterocycles. The molecule has 2 aromatic rings. The molecule has 1 N–H and O–H groups in total. The van der Waals surface area contributed by atoms with Crippen LogP contribution >= 0.6 is 0 Å². The van der Waals surface area contributed by atoms with Crippen LogP contribution in [0.2, 0.25) is 0 Å². The van der Waals surface area contributed by atoms with Gasteiger partial charge in [-0.15, -0.1) is 5.10 Å². The second kappa shape index (κ2) is 4.53. The Bertz CT molecular complexity index is 560. The van der Waals surface area contributed by atoms with Crippen molar-refractivity contribution in [2.75, 3.05) is 0 Å². The van der Waals surface area contributed by atoms with Crippen LogP contribution in [0.25, 0.3) is 5.69 Å². The van der Waals surface area contributed by atoms with Crippen molar-refractivity contribution < 1.29 is 5.11 Å². The summed E-state index contributed by atoms with van der Waals surface area (Å²) in [5.41, 5.74) is 4.52. The number of aliphatic hydroxyl groups excluding tert-OH is 1. The lowest BCUT2D eigenvalue weighted by atomic mass is 9.90. The maximum Gasteiger partial charge on any atom is 0.111 e. The van der Waals surface area contributed by atoms with Gasteiger partial charge in [0.2, 0.25) is 0 Å². The van der Waals surface area contributed by atoms with Crippen LogP contribution in [0.5, 0.6) is 0 Å². The summed E-state index contributed by atoms with van der Waals surface area (Å²) < 4.78 is 1.78. The number of benzene rings is 1. The number of rotatable bonds is 2. The van der Waals surface area contributed by atoms with Gasteiger partial charge >= 0.3 is 0 Å². The fourth-order valence-electron chi connectivity index (χ4n) is 2.56. The minimum Gasteiger partial charge on any atom is -0.387 e. The number of hydrogen-bond acceptors (Lipinski definition) is 3. The molecule has 0 aliphatic heterocycles. The molecule has 1 heterocycles. The van der Waals surface area contributed by atoms with Crippen molar-refractivity contribution in [2.24, 2.45) is 0 Å². The molecule has 3 rings (SSSR count). The van der Waals surface area contributed by atoms with Gasteiger partial charge in [0, 0.05) is 0 Å². The van der Waals surface area contributed by atoms with E-state index in [1.54, 1.807) is 11.6 Å². The molecule has 0 fully saturated rings. The Morgan fingerprint density at radius 2 is 2.11 bits per heavy atom. The van der Waals surface area contributed by atoms with Crippen molar-refractivity contribution in [2.45, 2.75) is 38.7 Å². The van der Waals surface area contributed by atoms with Gasteiger partial charge in [0.25, 0.3) is 0 Å². The highest BCUT2D eigenvalue weighted by atomic mass is 16.3. The average molecular weight is 243 g/mol. The summed E-state index contributed by atoms with van der Waals surface area (Å²) in [5.74, 6) is 0. The van der Waals surface area contributed by atoms with Crippen molar-refractivity contribution in [3.63, 3.8) is 0 Å². The number of fused-ring (bicyclic) bond motifs is 1. The van der Waals surface area contributed by atoms with Gasteiger partial charge in [-0.3, -0.25) is 0 Å². The third-order valence-corrected chi connectivity index (χ3v) is 3.56. The van der Waals surface area contributed by atoms with Crippen molar-refractivity contribution in [1.29, 1.82) is 0 Å². The number of aryl methyl sites for hydroxylation is 1. The van der Waals surface area contributed by atoms with Crippen molar-refractivity contribution in [1.82, 2.24) is 15.0 Å². The first-order valence-electron chi connectivity index (χ1n) is 6.47. The summed E-state index contributed by atoms with van der Waals surface area (Å²) >= 11 is 0. The zero-order chi connectivity index (χ0) is 12.5. The Kier molecular flexibility index (Phi) is 2.88. The lowest BCUT2D eigenvalue weighted by Crippen LogP contribution is -2.08. The van der Waals surface area contributed by atoms with Gasteiger partial charge < -0.3 is 5.11 Å². The molecular formula is C14H17N3O. The molecule has 1 aliphatic carbocycles. The van der Waals surface area contributed by atoms with Gasteiger partial charge in [-0.25, -0.2) is 4.68 Å². The normalized spacial score (nSPS) is 16.3. The Morgan fingerprint density at radius 3 is 2.89 bits per heavy atom. The zero-order valence-corrected chi connectivity index (χ0v) is 10.5. The molecule has 1 aromatic carbocycles. The van der Waals surface area contributed by atoms with E-state index in [-0.39, 0.29) is 0 Å². The highest BCUT2D eigenvalue weighted by Crippen LogP contribution is 2.26. The molecule has 4 nitrogen and oxygen atoms in total. The fourth-order valence-corrected chi connectivity index (χ4v) is 2.56. The van der Waals surface area contributed by atoms with E-state index in [2.05, 4.69) is 28.5 Å². The van der Waals surface area contributed by atoms with E-state index in [4.69, 9.17) is 0 Å². The van der Waals surface area contributed by atoms with Crippen LogP contribution in [0.15, 0.2) is 24.4 Å². The van der Waals surface area contributed by atoms with Gasteiger partial charge in [0.15, 0.2) is 0 Å². The van der Waals surface area contributed by atoms with E-state index in [0.717, 1.165) is 18.5 Å². The molecular weight excluding hydrogens is 226 g/mol. The summed E-state index contributed by atoms with van der Waals surface area (Å²) in [6.45, 7) is 1.70. The standard InChI is InChI=1S/C14H17N3O/c1-10(18)13-9-17(16-15-13)14-8-4-6-11-5-2-3-7-12(11)14/h4,6,8-10,18H,2-3,5,7H2,1H3. The van der Waals surface area contributed by atoms with E-state index < -0.39 is 6.10 Å². The van der Waals surface area contributed by atoms with Crippen LogP contribution in [-0.2, 0) is 12.8 Å². The number of hydrogen-bond donors (Lipinski definition) is 1. The van der Waals surface area contributed by atoms with Gasteiger partial charge in [-0.05, 0) is 49.8 Å². The minimum atomic E-state index is -0.571. The predicted molar refractivity (Wildman–Crippen MR) is 68.6 cm³/mol. The smallest absolute Gasteiger partial charge is 0.111 e. The van der Waals surface area contributed by atoms with Gasteiger partial charge in [0.1, 0.15) is 5.69 Å². The van der Waals surface area contributed by atoms with Crippen molar-refractivity contribution in [3.8, 4) is 5.69 Å². The van der Waals surface area contributed by atoms with Crippen molar-refractivity contribution in [3.05, 3.63) is 41.2 Å². The maximum atomic E-state index is 9.51. The number of aliphatic hydroxyl groups is 1. The van der Waals surface area contributed by atoms with Gasteiger partial charge in [-0.1, -0.05) is 17.3 Å². The third-order valence-electron chi connectivity index (χ3n) is 3.56. The second-order valence-electron chi connectivity index (χ2n) is 4.89. The van der Waals surface area contributed by atoms with Crippen LogP contribution in [0.3, 0.4) is 0 Å². The second-order valence-corrected chi connectivity index (χ2v) is 4.89. The summed E-state index contributed by atoms with van der Waals surface area (Å²) in [6, 6.07) is 6.35. The molecule has 0 amide bonds. The van der Waals surface area contributed by atoms with Crippen LogP contribution in [0.1, 0.15) is 42.7 Å². The molecule has 18 heavy (non-hydrogen) atoms. The van der Waals surface area contributed by atoms with Gasteiger partial charge in [-0.2, -0.15) is 0 Å². The first-order chi connectivity index (χ1) is 8.75. The number of aromatic nitrogens is 3. The topological polar surface area (TPSA) is 50.9 Å². The Morgan fingerprint density at radius 1 is 1.28 bits per heavy atom. The Balaban J connectivity index is 2.05. The first-order valence-corrected chi connectivity index (χ1v) is 6.47. The molecule has 0 saturated carbocycles. The van der Waals surface area contributed by atoms with E-state index >= 15 is 0 Å². The van der Waals surface area contributed by atoms with Crippen LogP contribution in [-0.4, -0.2) is 20.1 Å². The number of nitrogens with zero attached hydrogens (tertiary/aromatic N) is 3. The highest BCUT2D eigenvalue weighted by Gasteiger charge is 2.15. The van der Waals surface area contributed by atoms with Crippen LogP contribution < -0.4 is 0 Å². The molecule has 94 valence electrons. The lowest BCUT2D eigenvalue weighted by molar-refractivity contribution is 0.194. The van der Waals surface area contributed by atoms with Crippen molar-refractivity contribution >= 4 is 0 Å². The Hall–Kier alpha value is -1.68. The molecule has 0 radical (unpaired) electrons. The van der Waals surface area contributed by atoms with E-state index in [1.807, 2.05) is 6.20 Å². The monoisotopic (exact) mass is 243 g/mol. The molecule has 1 atom stereocenters. The van der Waals surface area contributed by atoms with Crippen LogP contribution in [0.4, 0.5) is 0 Å². The third kappa shape index (κ3) is 1.93. The highest BCUT2D eigenvalue weighted by molar-refractivity contribution is 5.46. The minimum absolute atomic E-state index is 0.571. The molecule has 1 unspecified atom stereocenters. The average Bonchev–Trinajstić information content (AvgIpc) is 2.87. The van der Waals surface area contributed by atoms with Crippen LogP contribution in [0, 0.1) is 0 Å². The van der Waals surface area contributed by atoms with E-state index in [9.17, 15) is 5.11 Å². The summed E-state index contributed by atoms with van der Waals surface area (Å²) in [4.78, 5) is 0. The quantitative estimate of drug-likeness (QED) is 0.879. The SMILES string of the molecule is CC(O)c1cn(-c2cccc3c2CCCC3)nn1. The largest absolute Gasteiger partial charge is 0.387 e. The maximum absolute atomic E-state index is 9.51. The van der Waals surface area contributed by atoms with Gasteiger partial charge in [0.05, 0.1) is 18.0 Å². The summed E-state index contributed by atoms with van der Waals surface area (Å²) in [5, 5.41) is 17.6. The molecule has 0 bridgehead atoms. The molecule has 1 aromatic heterocycles. The lowest BCUT2D eigenvalue weighted by Gasteiger charge is -2.18. The first kappa shape index (κ1) is 11.4. The summed E-state index contributed by atoms with van der Waals surface area (Å²) in [6.07, 6.45) is 6.01. The van der Waals surface area contributed by atoms with E-state index in [0.29, 0.717) is 5.69 Å². The molecule has 0 spiro atoms. The fraction of sp³-hybridized carbons (Fsp3) is 0.429. The predicted octanol–water partition coefficient (Wildman–Crippen LogP) is 2.20. The molecule has 1 aliphatic rings. The Labute approximate surface area is 106 Å². The summed E-state index contributed by atoms with van der Waals surface area (Å²) in [7, 11) is 0. The zero-order valence-electron chi connectivity index (χ0n) is 10.5. The molecule has 4 heteroatoms. The van der Waals surface area contributed by atoms with E-state index in [1.165, 1.54) is 24.0 Å².